The Kier molecular flexibility index (Phi) is 4.61. The molecule has 2 rings (SSSR count). The zero-order chi connectivity index (χ0) is 14.7. The summed E-state index contributed by atoms with van der Waals surface area (Å²) in [6.07, 6.45) is 1.16. The summed E-state index contributed by atoms with van der Waals surface area (Å²) < 4.78 is 23.4. The van der Waals surface area contributed by atoms with Crippen LogP contribution >= 0.6 is 27.5 Å². The summed E-state index contributed by atoms with van der Waals surface area (Å²) in [5.74, 6) is -1.07. The molecule has 0 spiro atoms. The van der Waals surface area contributed by atoms with Gasteiger partial charge in [-0.2, -0.15) is 4.98 Å². The predicted octanol–water partition coefficient (Wildman–Crippen LogP) is 4.15. The second-order valence-electron chi connectivity index (χ2n) is 3.63. The fourth-order valence-electron chi connectivity index (χ4n) is 1.40. The number of carbonyl (C=O) groups excluding carboxylic acids is 1. The maximum atomic E-state index is 13.1. The van der Waals surface area contributed by atoms with Gasteiger partial charge in [0.05, 0.1) is 17.3 Å². The number of nitrogens with one attached hydrogen (secondary N) is 1. The second-order valence-corrected chi connectivity index (χ2v) is 4.89. The summed E-state index contributed by atoms with van der Waals surface area (Å²) in [5.41, 5.74) is 0.411. The van der Waals surface area contributed by atoms with Crippen LogP contribution in [-0.4, -0.2) is 17.6 Å². The van der Waals surface area contributed by atoms with E-state index in [0.717, 1.165) is 12.3 Å². The molecule has 0 radical (unpaired) electrons. The summed E-state index contributed by atoms with van der Waals surface area (Å²) in [6.45, 7) is 1.93. The fourth-order valence-corrected chi connectivity index (χ4v) is 2.30. The molecule has 0 aliphatic rings. The normalized spacial score (nSPS) is 10.4. The Morgan fingerprint density at radius 2 is 2.35 bits per heavy atom. The smallest absolute Gasteiger partial charge is 0.360 e. The lowest BCUT2D eigenvalue weighted by Gasteiger charge is -2.07. The van der Waals surface area contributed by atoms with Crippen molar-refractivity contribution in [3.63, 3.8) is 0 Å². The molecule has 8 heteroatoms. The molecule has 0 fully saturated rings. The number of anilines is 2. The van der Waals surface area contributed by atoms with Crippen LogP contribution in [0.4, 0.5) is 16.1 Å². The number of hydrogen-bond donors (Lipinski definition) is 1. The number of halogens is 3. The van der Waals surface area contributed by atoms with E-state index in [-0.39, 0.29) is 23.3 Å². The lowest BCUT2D eigenvalue weighted by molar-refractivity contribution is 0.0519. The average molecular weight is 364 g/mol. The van der Waals surface area contributed by atoms with Crippen molar-refractivity contribution in [2.45, 2.75) is 6.92 Å². The van der Waals surface area contributed by atoms with Crippen molar-refractivity contribution in [1.29, 1.82) is 0 Å². The number of hydrogen-bond acceptors (Lipinski definition) is 5. The Morgan fingerprint density at radius 3 is 3.00 bits per heavy atom. The van der Waals surface area contributed by atoms with E-state index >= 15 is 0 Å². The Bertz CT molecular complexity index is 624. The van der Waals surface area contributed by atoms with Crippen LogP contribution in [0, 0.1) is 5.82 Å². The quantitative estimate of drug-likeness (QED) is 0.827. The van der Waals surface area contributed by atoms with Gasteiger partial charge in [0.1, 0.15) is 12.1 Å². The lowest BCUT2D eigenvalue weighted by Crippen LogP contribution is -2.05. The predicted molar refractivity (Wildman–Crippen MR) is 74.9 cm³/mol. The van der Waals surface area contributed by atoms with E-state index in [1.807, 2.05) is 0 Å². The number of carbonyl (C=O) groups is 1. The molecule has 1 N–H and O–H groups in total. The van der Waals surface area contributed by atoms with Crippen molar-refractivity contribution in [2.24, 2.45) is 0 Å². The Labute approximate surface area is 127 Å². The van der Waals surface area contributed by atoms with Gasteiger partial charge in [-0.15, -0.1) is 0 Å². The van der Waals surface area contributed by atoms with Crippen molar-refractivity contribution < 1.29 is 18.3 Å². The highest BCUT2D eigenvalue weighted by Gasteiger charge is 2.15. The summed E-state index contributed by atoms with van der Waals surface area (Å²) in [6, 6.07) is 2.43. The van der Waals surface area contributed by atoms with Gasteiger partial charge in [0.2, 0.25) is 0 Å². The molecule has 20 heavy (non-hydrogen) atoms. The number of aromatic nitrogens is 1. The molecule has 2 aromatic rings. The highest BCUT2D eigenvalue weighted by atomic mass is 79.9. The van der Waals surface area contributed by atoms with Crippen molar-refractivity contribution in [3.8, 4) is 0 Å². The largest absolute Gasteiger partial charge is 0.461 e. The molecule has 0 bridgehead atoms. The van der Waals surface area contributed by atoms with Gasteiger partial charge < -0.3 is 14.5 Å². The number of oxazole rings is 1. The summed E-state index contributed by atoms with van der Waals surface area (Å²) in [4.78, 5) is 15.3. The van der Waals surface area contributed by atoms with Crippen LogP contribution in [-0.2, 0) is 4.74 Å². The number of ether oxygens (including phenoxy) is 1. The average Bonchev–Trinajstić information content (AvgIpc) is 2.82. The van der Waals surface area contributed by atoms with Crippen molar-refractivity contribution in [2.75, 3.05) is 11.9 Å². The molecular weight excluding hydrogens is 354 g/mol. The van der Waals surface area contributed by atoms with Crippen LogP contribution in [0.15, 0.2) is 27.3 Å². The zero-order valence-corrected chi connectivity index (χ0v) is 12.6. The third-order valence-corrected chi connectivity index (χ3v) is 3.15. The molecule has 0 unspecified atom stereocenters. The fraction of sp³-hybridized carbons (Fsp3) is 0.167. The van der Waals surface area contributed by atoms with Crippen molar-refractivity contribution in [3.05, 3.63) is 39.4 Å². The van der Waals surface area contributed by atoms with Crippen LogP contribution in [0.2, 0.25) is 5.02 Å². The van der Waals surface area contributed by atoms with E-state index in [0.29, 0.717) is 10.2 Å². The minimum Gasteiger partial charge on any atom is -0.461 e. The van der Waals surface area contributed by atoms with Gasteiger partial charge in [-0.1, -0.05) is 11.6 Å². The van der Waals surface area contributed by atoms with Gasteiger partial charge in [0.25, 0.3) is 6.01 Å². The molecule has 1 aromatic carbocycles. The molecular formula is C12H9BrClFN2O3. The van der Waals surface area contributed by atoms with Crippen LogP contribution in [0.3, 0.4) is 0 Å². The first kappa shape index (κ1) is 14.8. The Morgan fingerprint density at radius 1 is 1.60 bits per heavy atom. The molecule has 1 heterocycles. The van der Waals surface area contributed by atoms with E-state index < -0.39 is 11.8 Å². The van der Waals surface area contributed by atoms with E-state index in [1.54, 1.807) is 6.92 Å². The number of benzene rings is 1. The molecule has 0 saturated carbocycles. The number of esters is 1. The first-order chi connectivity index (χ1) is 9.51. The van der Waals surface area contributed by atoms with Gasteiger partial charge in [0, 0.05) is 4.47 Å². The minimum absolute atomic E-state index is 0.0312. The first-order valence-corrected chi connectivity index (χ1v) is 6.72. The summed E-state index contributed by atoms with van der Waals surface area (Å²) in [7, 11) is 0. The molecule has 0 atom stereocenters. The molecule has 0 aliphatic heterocycles. The monoisotopic (exact) mass is 362 g/mol. The SMILES string of the molecule is CCOC(=O)c1coc(Nc2c(Cl)cc(F)cc2Br)n1. The van der Waals surface area contributed by atoms with Crippen LogP contribution in [0.25, 0.3) is 0 Å². The minimum atomic E-state index is -0.589. The Hall–Kier alpha value is -1.60. The maximum Gasteiger partial charge on any atom is 0.360 e. The molecule has 1 aromatic heterocycles. The number of nitrogens with zero attached hydrogens (tertiary/aromatic N) is 1. The van der Waals surface area contributed by atoms with Crippen molar-refractivity contribution >= 4 is 45.2 Å². The summed E-state index contributed by atoms with van der Waals surface area (Å²) in [5, 5.41) is 2.90. The van der Waals surface area contributed by atoms with Gasteiger partial charge >= 0.3 is 5.97 Å². The molecule has 0 saturated heterocycles. The topological polar surface area (TPSA) is 64.4 Å². The van der Waals surface area contributed by atoms with Crippen LogP contribution in [0.5, 0.6) is 0 Å². The first-order valence-electron chi connectivity index (χ1n) is 5.55. The standard InChI is InChI=1S/C12H9BrClFN2O3/c1-2-19-11(18)9-5-20-12(16-9)17-10-7(13)3-6(15)4-8(10)14/h3-5H,2H2,1H3,(H,16,17). The maximum absolute atomic E-state index is 13.1. The van der Waals surface area contributed by atoms with Gasteiger partial charge in [-0.25, -0.2) is 9.18 Å². The third-order valence-electron chi connectivity index (χ3n) is 2.23. The highest BCUT2D eigenvalue weighted by Crippen LogP contribution is 2.33. The molecule has 5 nitrogen and oxygen atoms in total. The number of rotatable bonds is 4. The van der Waals surface area contributed by atoms with Crippen molar-refractivity contribution in [1.82, 2.24) is 4.98 Å². The lowest BCUT2D eigenvalue weighted by atomic mass is 10.3. The second kappa shape index (κ2) is 6.23. The van der Waals surface area contributed by atoms with Gasteiger partial charge in [-0.3, -0.25) is 0 Å². The van der Waals surface area contributed by atoms with Gasteiger partial charge in [-0.05, 0) is 35.0 Å². The molecule has 0 amide bonds. The van der Waals surface area contributed by atoms with Gasteiger partial charge in [0.15, 0.2) is 5.69 Å². The zero-order valence-electron chi connectivity index (χ0n) is 10.2. The third kappa shape index (κ3) is 3.29. The molecule has 106 valence electrons. The Balaban J connectivity index is 2.21. The van der Waals surface area contributed by atoms with E-state index in [1.165, 1.54) is 6.07 Å². The van der Waals surface area contributed by atoms with E-state index in [2.05, 4.69) is 26.2 Å². The molecule has 0 aliphatic carbocycles. The highest BCUT2D eigenvalue weighted by molar-refractivity contribution is 9.10. The van der Waals surface area contributed by atoms with Crippen LogP contribution in [0.1, 0.15) is 17.4 Å². The van der Waals surface area contributed by atoms with E-state index in [4.69, 9.17) is 20.8 Å². The summed E-state index contributed by atoms with van der Waals surface area (Å²) >= 11 is 9.08. The van der Waals surface area contributed by atoms with Crippen LogP contribution < -0.4 is 5.32 Å². The van der Waals surface area contributed by atoms with E-state index in [9.17, 15) is 9.18 Å².